The molecule has 2 rings (SSSR count). The number of nitrogens with zero attached hydrogens (tertiary/aromatic N) is 1. The number of aromatic nitrogens is 1. The largest absolute Gasteiger partial charge is 0.364 e. The smallest absolute Gasteiger partial charge is 0.259 e. The van der Waals surface area contributed by atoms with E-state index in [-0.39, 0.29) is 22.9 Å². The minimum Gasteiger partial charge on any atom is -0.364 e. The number of carbonyl (C=O) groups is 1. The highest BCUT2D eigenvalue weighted by molar-refractivity contribution is 6.17. The normalized spacial score (nSPS) is 15.1. The van der Waals surface area contributed by atoms with Gasteiger partial charge < -0.3 is 9.88 Å². The Morgan fingerprint density at radius 2 is 2.26 bits per heavy atom. The highest BCUT2D eigenvalue weighted by Crippen LogP contribution is 2.26. The highest BCUT2D eigenvalue weighted by Gasteiger charge is 2.29. The molecule has 1 fully saturated rings. The van der Waals surface area contributed by atoms with Crippen LogP contribution < -0.4 is 5.43 Å². The number of aryl methyl sites for hydroxylation is 1. The van der Waals surface area contributed by atoms with Crippen LogP contribution in [0.3, 0.4) is 0 Å². The van der Waals surface area contributed by atoms with Crippen molar-refractivity contribution in [3.8, 4) is 0 Å². The van der Waals surface area contributed by atoms with E-state index in [4.69, 9.17) is 11.6 Å². The number of alkyl halides is 1. The molecule has 0 aromatic carbocycles. The van der Waals surface area contributed by atoms with Crippen LogP contribution in [-0.4, -0.2) is 34.3 Å². The van der Waals surface area contributed by atoms with Crippen molar-refractivity contribution in [1.82, 2.24) is 9.88 Å². The van der Waals surface area contributed by atoms with Gasteiger partial charge in [-0.25, -0.2) is 0 Å². The molecule has 0 aliphatic heterocycles. The van der Waals surface area contributed by atoms with E-state index in [0.717, 1.165) is 31.4 Å². The second-order valence-electron chi connectivity index (χ2n) is 5.02. The average Bonchev–Trinajstić information content (AvgIpc) is 2.31. The van der Waals surface area contributed by atoms with Crippen molar-refractivity contribution < 1.29 is 4.79 Å². The van der Waals surface area contributed by atoms with Crippen LogP contribution in [0.1, 0.15) is 41.7 Å². The van der Waals surface area contributed by atoms with Crippen molar-refractivity contribution in [2.45, 2.75) is 38.6 Å². The van der Waals surface area contributed by atoms with E-state index >= 15 is 0 Å². The Morgan fingerprint density at radius 3 is 2.79 bits per heavy atom. The van der Waals surface area contributed by atoms with Crippen LogP contribution in [0.15, 0.2) is 17.1 Å². The lowest BCUT2D eigenvalue weighted by Gasteiger charge is -2.37. The molecule has 1 heterocycles. The molecule has 1 saturated carbocycles. The average molecular weight is 283 g/mol. The van der Waals surface area contributed by atoms with E-state index in [9.17, 15) is 9.59 Å². The number of halogens is 1. The molecule has 0 radical (unpaired) electrons. The van der Waals surface area contributed by atoms with E-state index in [2.05, 4.69) is 4.98 Å². The van der Waals surface area contributed by atoms with Gasteiger partial charge in [-0.3, -0.25) is 9.59 Å². The van der Waals surface area contributed by atoms with E-state index in [0.29, 0.717) is 12.4 Å². The number of rotatable bonds is 5. The first-order chi connectivity index (χ1) is 9.13. The number of nitrogens with one attached hydrogen (secondary N) is 1. The second-order valence-corrected chi connectivity index (χ2v) is 5.40. The summed E-state index contributed by atoms with van der Waals surface area (Å²) in [4.78, 5) is 29.1. The zero-order valence-corrected chi connectivity index (χ0v) is 11.9. The summed E-state index contributed by atoms with van der Waals surface area (Å²) < 4.78 is 0. The van der Waals surface area contributed by atoms with Crippen LogP contribution in [0, 0.1) is 6.92 Å². The van der Waals surface area contributed by atoms with Crippen LogP contribution in [0.2, 0.25) is 0 Å². The Labute approximate surface area is 117 Å². The van der Waals surface area contributed by atoms with Crippen LogP contribution in [0.4, 0.5) is 0 Å². The van der Waals surface area contributed by atoms with Gasteiger partial charge in [0, 0.05) is 36.4 Å². The zero-order chi connectivity index (χ0) is 13.8. The molecule has 1 aromatic rings. The van der Waals surface area contributed by atoms with Gasteiger partial charge in [0.1, 0.15) is 5.56 Å². The lowest BCUT2D eigenvalue weighted by atomic mass is 9.91. The fourth-order valence-corrected chi connectivity index (χ4v) is 2.39. The first kappa shape index (κ1) is 14.1. The standard InChI is InChI=1S/C14H19ClN2O2/c1-10-8-13(18)12(9-16-10)14(19)17(7-3-6-15)11-4-2-5-11/h8-9,11H,2-7H2,1H3,(H,16,18). The van der Waals surface area contributed by atoms with Crippen LogP contribution in [-0.2, 0) is 0 Å². The second kappa shape index (κ2) is 6.24. The van der Waals surface area contributed by atoms with Crippen molar-refractivity contribution in [1.29, 1.82) is 0 Å². The predicted octanol–water partition coefficient (Wildman–Crippen LogP) is 2.31. The molecule has 1 N–H and O–H groups in total. The molecule has 0 saturated heterocycles. The molecule has 0 spiro atoms. The number of hydrogen-bond acceptors (Lipinski definition) is 2. The van der Waals surface area contributed by atoms with Crippen molar-refractivity contribution in [3.05, 3.63) is 33.7 Å². The molecule has 0 unspecified atom stereocenters. The minimum atomic E-state index is -0.212. The van der Waals surface area contributed by atoms with Gasteiger partial charge in [-0.15, -0.1) is 11.6 Å². The highest BCUT2D eigenvalue weighted by atomic mass is 35.5. The van der Waals surface area contributed by atoms with Crippen molar-refractivity contribution in [3.63, 3.8) is 0 Å². The molecule has 19 heavy (non-hydrogen) atoms. The molecular formula is C14H19ClN2O2. The molecule has 104 valence electrons. The number of pyridine rings is 1. The van der Waals surface area contributed by atoms with E-state index in [1.54, 1.807) is 6.92 Å². The van der Waals surface area contributed by atoms with Crippen LogP contribution in [0.5, 0.6) is 0 Å². The van der Waals surface area contributed by atoms with E-state index < -0.39 is 0 Å². The molecule has 1 aliphatic rings. The summed E-state index contributed by atoms with van der Waals surface area (Å²) in [6, 6.07) is 1.74. The summed E-state index contributed by atoms with van der Waals surface area (Å²) in [5.41, 5.74) is 0.779. The maximum atomic E-state index is 12.5. The summed E-state index contributed by atoms with van der Waals surface area (Å²) in [6.07, 6.45) is 5.48. The quantitative estimate of drug-likeness (QED) is 0.843. The number of amides is 1. The molecule has 1 aliphatic carbocycles. The summed E-state index contributed by atoms with van der Waals surface area (Å²) in [5, 5.41) is 0. The van der Waals surface area contributed by atoms with Gasteiger partial charge in [-0.05, 0) is 32.6 Å². The Bertz CT molecular complexity index is 508. The van der Waals surface area contributed by atoms with Gasteiger partial charge in [0.15, 0.2) is 5.43 Å². The Hall–Kier alpha value is -1.29. The van der Waals surface area contributed by atoms with Gasteiger partial charge in [-0.2, -0.15) is 0 Å². The van der Waals surface area contributed by atoms with Gasteiger partial charge in [-0.1, -0.05) is 0 Å². The van der Waals surface area contributed by atoms with Crippen molar-refractivity contribution in [2.24, 2.45) is 0 Å². The van der Waals surface area contributed by atoms with Crippen molar-refractivity contribution >= 4 is 17.5 Å². The molecule has 0 atom stereocenters. The molecule has 4 nitrogen and oxygen atoms in total. The molecule has 0 bridgehead atoms. The summed E-state index contributed by atoms with van der Waals surface area (Å²) in [5.74, 6) is 0.358. The van der Waals surface area contributed by atoms with Gasteiger partial charge in [0.25, 0.3) is 5.91 Å². The molecular weight excluding hydrogens is 264 g/mol. The SMILES string of the molecule is Cc1cc(=O)c(C(=O)N(CCCCl)C2CCC2)c[nH]1. The van der Waals surface area contributed by atoms with Crippen molar-refractivity contribution in [2.75, 3.05) is 12.4 Å². The summed E-state index contributed by atoms with van der Waals surface area (Å²) in [6.45, 7) is 2.42. The lowest BCUT2D eigenvalue weighted by Crippen LogP contribution is -2.46. The van der Waals surface area contributed by atoms with Crippen LogP contribution in [0.25, 0.3) is 0 Å². The monoisotopic (exact) mass is 282 g/mol. The third kappa shape index (κ3) is 3.18. The number of H-pyrrole nitrogens is 1. The first-order valence-electron chi connectivity index (χ1n) is 6.69. The maximum absolute atomic E-state index is 12.5. The Balaban J connectivity index is 2.20. The fraction of sp³-hybridized carbons (Fsp3) is 0.571. The van der Waals surface area contributed by atoms with Gasteiger partial charge in [0.05, 0.1) is 0 Å². The predicted molar refractivity (Wildman–Crippen MR) is 75.8 cm³/mol. The maximum Gasteiger partial charge on any atom is 0.259 e. The lowest BCUT2D eigenvalue weighted by molar-refractivity contribution is 0.0579. The summed E-state index contributed by atoms with van der Waals surface area (Å²) >= 11 is 5.71. The third-order valence-corrected chi connectivity index (χ3v) is 3.86. The third-order valence-electron chi connectivity index (χ3n) is 3.60. The molecule has 1 aromatic heterocycles. The minimum absolute atomic E-state index is 0.170. The fourth-order valence-electron chi connectivity index (χ4n) is 2.27. The molecule has 1 amide bonds. The Kier molecular flexibility index (Phi) is 4.64. The number of hydrogen-bond donors (Lipinski definition) is 1. The van der Waals surface area contributed by atoms with Gasteiger partial charge >= 0.3 is 0 Å². The van der Waals surface area contributed by atoms with E-state index in [1.165, 1.54) is 12.3 Å². The molecule has 5 heteroatoms. The summed E-state index contributed by atoms with van der Waals surface area (Å²) in [7, 11) is 0. The topological polar surface area (TPSA) is 53.2 Å². The Morgan fingerprint density at radius 1 is 1.53 bits per heavy atom. The van der Waals surface area contributed by atoms with E-state index in [1.807, 2.05) is 4.90 Å². The van der Waals surface area contributed by atoms with Gasteiger partial charge in [0.2, 0.25) is 0 Å². The number of carbonyl (C=O) groups excluding carboxylic acids is 1. The zero-order valence-electron chi connectivity index (χ0n) is 11.1. The van der Waals surface area contributed by atoms with Crippen LogP contribution >= 0.6 is 11.6 Å². The first-order valence-corrected chi connectivity index (χ1v) is 7.23. The number of aromatic amines is 1.